The highest BCUT2D eigenvalue weighted by molar-refractivity contribution is 6.68. The van der Waals surface area contributed by atoms with Gasteiger partial charge in [0.2, 0.25) is 3.79 Å². The van der Waals surface area contributed by atoms with Crippen molar-refractivity contribution in [2.24, 2.45) is 0 Å². The van der Waals surface area contributed by atoms with Gasteiger partial charge in [-0.15, -0.1) is 0 Å². The second kappa shape index (κ2) is 18.6. The summed E-state index contributed by atoms with van der Waals surface area (Å²) in [5, 5.41) is 0. The van der Waals surface area contributed by atoms with Gasteiger partial charge in [-0.05, 0) is 126 Å². The molecule has 1 aliphatic carbocycles. The van der Waals surface area contributed by atoms with Crippen molar-refractivity contribution in [1.82, 2.24) is 14.7 Å². The molecular formula is C47H58Cl3N3O8. The van der Waals surface area contributed by atoms with Gasteiger partial charge in [-0.1, -0.05) is 71.2 Å². The second-order valence-electron chi connectivity index (χ2n) is 17.7. The van der Waals surface area contributed by atoms with E-state index in [1.807, 2.05) is 35.2 Å². The van der Waals surface area contributed by atoms with Crippen LogP contribution in [0.25, 0.3) is 5.57 Å². The Kier molecular flexibility index (Phi) is 14.1. The summed E-state index contributed by atoms with van der Waals surface area (Å²) in [6, 6.07) is 18.1. The first-order valence-electron chi connectivity index (χ1n) is 20.8. The van der Waals surface area contributed by atoms with Gasteiger partial charge in [-0.25, -0.2) is 9.59 Å². The van der Waals surface area contributed by atoms with Crippen molar-refractivity contribution in [2.45, 2.75) is 114 Å². The lowest BCUT2D eigenvalue weighted by Gasteiger charge is -2.51. The molecule has 2 aliphatic heterocycles. The first kappa shape index (κ1) is 46.2. The number of aryl methyl sites for hydroxylation is 2. The van der Waals surface area contributed by atoms with Gasteiger partial charge in [0.25, 0.3) is 5.91 Å². The molecule has 0 spiro atoms. The van der Waals surface area contributed by atoms with Gasteiger partial charge >= 0.3 is 12.2 Å². The van der Waals surface area contributed by atoms with Gasteiger partial charge < -0.3 is 33.5 Å². The van der Waals surface area contributed by atoms with E-state index in [9.17, 15) is 9.59 Å². The third-order valence-corrected chi connectivity index (χ3v) is 12.7. The van der Waals surface area contributed by atoms with Gasteiger partial charge in [0, 0.05) is 37.2 Å². The summed E-state index contributed by atoms with van der Waals surface area (Å²) in [6.45, 7) is 15.8. The third kappa shape index (κ3) is 11.2. The van der Waals surface area contributed by atoms with Crippen LogP contribution in [0.2, 0.25) is 0 Å². The van der Waals surface area contributed by atoms with E-state index in [-0.39, 0.29) is 44.6 Å². The summed E-state index contributed by atoms with van der Waals surface area (Å²) >= 11 is 18.9. The van der Waals surface area contributed by atoms with Crippen molar-refractivity contribution in [1.29, 1.82) is 0 Å². The molecule has 0 aromatic heterocycles. The Balaban J connectivity index is 1.36. The molecule has 61 heavy (non-hydrogen) atoms. The highest BCUT2D eigenvalue weighted by Gasteiger charge is 2.53. The number of piperazine rings is 1. The zero-order valence-electron chi connectivity index (χ0n) is 36.6. The number of hydrogen-bond donors (Lipinski definition) is 0. The SMILES string of the molecule is COc1cccc(OCCN(C(=O)C2=C(c3ccc(CCOc4cc(C)cc(C)c4C)cc3)CC3CN(C(=O)OC(C)(C)C)CC2N3C(=O)OC(C)(C)C(Cl)(Cl)Cl)C2CC2)c1. The zero-order valence-corrected chi connectivity index (χ0v) is 38.9. The van der Waals surface area contributed by atoms with E-state index in [4.69, 9.17) is 58.5 Å². The molecule has 1 saturated heterocycles. The maximum Gasteiger partial charge on any atom is 0.411 e. The van der Waals surface area contributed by atoms with E-state index in [1.165, 1.54) is 19.4 Å². The van der Waals surface area contributed by atoms with Crippen LogP contribution in [0.4, 0.5) is 9.59 Å². The number of hydrogen-bond acceptors (Lipinski definition) is 8. The molecule has 330 valence electrons. The first-order chi connectivity index (χ1) is 28.7. The number of rotatable bonds is 13. The molecule has 3 amide bonds. The van der Waals surface area contributed by atoms with Crippen LogP contribution in [0.1, 0.15) is 81.7 Å². The smallest absolute Gasteiger partial charge is 0.411 e. The Labute approximate surface area is 375 Å². The average molecular weight is 899 g/mol. The summed E-state index contributed by atoms with van der Waals surface area (Å²) in [5.74, 6) is 1.90. The molecule has 0 radical (unpaired) electrons. The quantitative estimate of drug-likeness (QED) is 0.156. The number of methoxy groups -OCH3 is 1. The van der Waals surface area contributed by atoms with E-state index in [0.717, 1.165) is 46.4 Å². The average Bonchev–Trinajstić information content (AvgIpc) is 4.02. The second-order valence-corrected chi connectivity index (χ2v) is 20.0. The number of carbonyl (C=O) groups excluding carboxylic acids is 3. The summed E-state index contributed by atoms with van der Waals surface area (Å²) in [6.07, 6.45) is 1.27. The highest BCUT2D eigenvalue weighted by Crippen LogP contribution is 2.44. The number of fused-ring (bicyclic) bond motifs is 2. The maximum absolute atomic E-state index is 15.3. The number of alkyl halides is 3. The number of nitrogens with zero attached hydrogens (tertiary/aromatic N) is 3. The van der Waals surface area contributed by atoms with Crippen LogP contribution in [0.15, 0.2) is 66.2 Å². The molecule has 6 rings (SSSR count). The van der Waals surface area contributed by atoms with Crippen LogP contribution in [0, 0.1) is 20.8 Å². The molecule has 14 heteroatoms. The Morgan fingerprint density at radius 2 is 1.51 bits per heavy atom. The molecule has 2 fully saturated rings. The normalized spacial score (nSPS) is 18.1. The Hall–Kier alpha value is -4.32. The van der Waals surface area contributed by atoms with Crippen LogP contribution in [-0.2, 0) is 20.7 Å². The Morgan fingerprint density at radius 1 is 0.820 bits per heavy atom. The first-order valence-corrected chi connectivity index (χ1v) is 22.0. The van der Waals surface area contributed by atoms with E-state index in [1.54, 1.807) is 43.7 Å². The van der Waals surface area contributed by atoms with Gasteiger partial charge in [0.1, 0.15) is 29.5 Å². The Bertz CT molecular complexity index is 2120. The van der Waals surface area contributed by atoms with E-state index >= 15 is 4.79 Å². The van der Waals surface area contributed by atoms with E-state index < -0.39 is 39.3 Å². The fourth-order valence-corrected chi connectivity index (χ4v) is 7.90. The molecule has 2 unspecified atom stereocenters. The lowest BCUT2D eigenvalue weighted by atomic mass is 9.81. The molecule has 3 aromatic rings. The molecule has 2 atom stereocenters. The lowest BCUT2D eigenvalue weighted by Crippen LogP contribution is -2.66. The largest absolute Gasteiger partial charge is 0.497 e. The summed E-state index contributed by atoms with van der Waals surface area (Å²) in [7, 11) is 1.59. The van der Waals surface area contributed by atoms with Crippen molar-refractivity contribution in [3.8, 4) is 17.2 Å². The van der Waals surface area contributed by atoms with Crippen LogP contribution >= 0.6 is 34.8 Å². The number of benzene rings is 3. The monoisotopic (exact) mass is 897 g/mol. The van der Waals surface area contributed by atoms with E-state index in [2.05, 4.69) is 45.0 Å². The van der Waals surface area contributed by atoms with Crippen molar-refractivity contribution >= 4 is 58.5 Å². The number of halogens is 3. The minimum Gasteiger partial charge on any atom is -0.497 e. The molecule has 2 bridgehead atoms. The van der Waals surface area contributed by atoms with Crippen molar-refractivity contribution in [3.63, 3.8) is 0 Å². The van der Waals surface area contributed by atoms with Crippen LogP contribution in [-0.4, -0.2) is 106 Å². The number of amides is 3. The molecule has 2 heterocycles. The van der Waals surface area contributed by atoms with Crippen LogP contribution in [0.5, 0.6) is 17.2 Å². The standard InChI is InChI=1S/C47H58Cl3N3O8/c1-29-23-30(2)31(3)40(24-29)59-21-19-32-13-15-33(16-14-32)38-25-35-27-51(43(55)60-45(4,5)6)28-39(53(35)44(56)61-46(7,8)47(48,49)50)41(38)42(54)52(34-17-18-34)20-22-58-37-12-10-11-36(26-37)57-9/h10-16,23-24,26,34-35,39H,17-22,25,27-28H2,1-9H3. The number of carbonyl (C=O) groups is 3. The highest BCUT2D eigenvalue weighted by atomic mass is 35.6. The predicted octanol–water partition coefficient (Wildman–Crippen LogP) is 10.0. The van der Waals surface area contributed by atoms with Gasteiger partial charge in [-0.3, -0.25) is 9.69 Å². The van der Waals surface area contributed by atoms with E-state index in [0.29, 0.717) is 30.1 Å². The maximum atomic E-state index is 15.3. The number of ether oxygens (including phenoxy) is 5. The summed E-state index contributed by atoms with van der Waals surface area (Å²) in [5.41, 5.74) is 4.26. The molecular weight excluding hydrogens is 841 g/mol. The van der Waals surface area contributed by atoms with Crippen molar-refractivity contribution < 1.29 is 38.1 Å². The zero-order chi connectivity index (χ0) is 44.4. The fraction of sp³-hybridized carbons (Fsp3) is 0.511. The summed E-state index contributed by atoms with van der Waals surface area (Å²) < 4.78 is 27.5. The molecule has 3 aromatic carbocycles. The van der Waals surface area contributed by atoms with Crippen molar-refractivity contribution in [3.05, 3.63) is 94.1 Å². The summed E-state index contributed by atoms with van der Waals surface area (Å²) in [4.78, 5) is 48.4. The molecule has 3 aliphatic rings. The van der Waals surface area contributed by atoms with Gasteiger partial charge in [0.15, 0.2) is 5.60 Å². The Morgan fingerprint density at radius 3 is 2.15 bits per heavy atom. The topological polar surface area (TPSA) is 107 Å². The van der Waals surface area contributed by atoms with Crippen molar-refractivity contribution in [2.75, 3.05) is 40.0 Å². The minimum absolute atomic E-state index is 0.0224. The predicted molar refractivity (Wildman–Crippen MR) is 239 cm³/mol. The van der Waals surface area contributed by atoms with Gasteiger partial charge in [-0.2, -0.15) is 0 Å². The molecule has 11 nitrogen and oxygen atoms in total. The minimum atomic E-state index is -1.95. The lowest BCUT2D eigenvalue weighted by molar-refractivity contribution is -0.129. The van der Waals surface area contributed by atoms with Crippen LogP contribution < -0.4 is 14.2 Å². The molecule has 0 N–H and O–H groups in total. The van der Waals surface area contributed by atoms with Crippen LogP contribution in [0.3, 0.4) is 0 Å². The third-order valence-electron chi connectivity index (χ3n) is 11.4. The molecule has 1 saturated carbocycles. The fourth-order valence-electron chi connectivity index (χ4n) is 7.78. The van der Waals surface area contributed by atoms with Gasteiger partial charge in [0.05, 0.1) is 32.3 Å².